The molecule has 0 aromatic carbocycles. The Morgan fingerprint density at radius 2 is 2.10 bits per heavy atom. The Balaban J connectivity index is 2.05. The number of carbonyl (C=O) groups is 2. The Morgan fingerprint density at radius 3 is 2.62 bits per heavy atom. The van der Waals surface area contributed by atoms with E-state index in [0.29, 0.717) is 19.4 Å². The molecule has 1 aromatic heterocycles. The van der Waals surface area contributed by atoms with Crippen LogP contribution in [0.15, 0.2) is 24.4 Å². The number of aromatic nitrogens is 1. The molecule has 0 radical (unpaired) electrons. The van der Waals surface area contributed by atoms with Crippen molar-refractivity contribution in [3.8, 4) is 0 Å². The van der Waals surface area contributed by atoms with Crippen molar-refractivity contribution in [3.63, 3.8) is 0 Å². The molecule has 0 unspecified atom stereocenters. The van der Waals surface area contributed by atoms with Gasteiger partial charge in [0, 0.05) is 12.2 Å². The quantitative estimate of drug-likeness (QED) is 0.888. The van der Waals surface area contributed by atoms with Crippen molar-refractivity contribution in [1.29, 1.82) is 0 Å². The Bertz CT molecular complexity index is 504. The highest BCUT2D eigenvalue weighted by molar-refractivity contribution is 5.83. The SMILES string of the molecule is CC(C)N(Cc1ccccn1)C(=O)[C@@H]1CC[C@H](C(=O)O)O1. The Kier molecular flexibility index (Phi) is 4.90. The van der Waals surface area contributed by atoms with Gasteiger partial charge in [-0.2, -0.15) is 0 Å². The number of pyridine rings is 1. The summed E-state index contributed by atoms with van der Waals surface area (Å²) in [7, 11) is 0. The molecule has 0 aliphatic carbocycles. The minimum atomic E-state index is -1.01. The summed E-state index contributed by atoms with van der Waals surface area (Å²) in [6.45, 7) is 4.24. The smallest absolute Gasteiger partial charge is 0.332 e. The Morgan fingerprint density at radius 1 is 1.38 bits per heavy atom. The zero-order valence-corrected chi connectivity index (χ0v) is 12.2. The highest BCUT2D eigenvalue weighted by atomic mass is 16.5. The van der Waals surface area contributed by atoms with Crippen LogP contribution in [0.25, 0.3) is 0 Å². The largest absolute Gasteiger partial charge is 0.479 e. The zero-order valence-electron chi connectivity index (χ0n) is 12.2. The van der Waals surface area contributed by atoms with E-state index in [1.165, 1.54) is 0 Å². The van der Waals surface area contributed by atoms with E-state index < -0.39 is 18.2 Å². The first-order valence-corrected chi connectivity index (χ1v) is 7.07. The van der Waals surface area contributed by atoms with Crippen LogP contribution in [0, 0.1) is 0 Å². The van der Waals surface area contributed by atoms with Crippen LogP contribution in [0.3, 0.4) is 0 Å². The van der Waals surface area contributed by atoms with Gasteiger partial charge in [-0.05, 0) is 38.8 Å². The van der Waals surface area contributed by atoms with E-state index in [-0.39, 0.29) is 11.9 Å². The number of amides is 1. The third-order valence-electron chi connectivity index (χ3n) is 3.54. The van der Waals surface area contributed by atoms with Crippen molar-refractivity contribution < 1.29 is 19.4 Å². The van der Waals surface area contributed by atoms with Crippen molar-refractivity contribution in [2.75, 3.05) is 0 Å². The Labute approximate surface area is 123 Å². The fourth-order valence-electron chi connectivity index (χ4n) is 2.37. The van der Waals surface area contributed by atoms with Crippen LogP contribution in [0.4, 0.5) is 0 Å². The van der Waals surface area contributed by atoms with Gasteiger partial charge in [0.05, 0.1) is 12.2 Å². The number of hydrogen-bond donors (Lipinski definition) is 1. The summed E-state index contributed by atoms with van der Waals surface area (Å²) in [5.41, 5.74) is 0.798. The average Bonchev–Trinajstić information content (AvgIpc) is 2.95. The molecule has 1 aliphatic heterocycles. The van der Waals surface area contributed by atoms with Crippen LogP contribution in [0.1, 0.15) is 32.4 Å². The fourth-order valence-corrected chi connectivity index (χ4v) is 2.37. The van der Waals surface area contributed by atoms with Gasteiger partial charge in [0.1, 0.15) is 6.10 Å². The molecule has 21 heavy (non-hydrogen) atoms. The number of carboxylic acid groups (broad SMARTS) is 1. The summed E-state index contributed by atoms with van der Waals surface area (Å²) in [5, 5.41) is 8.94. The van der Waals surface area contributed by atoms with E-state index in [9.17, 15) is 9.59 Å². The highest BCUT2D eigenvalue weighted by Crippen LogP contribution is 2.23. The standard InChI is InChI=1S/C15H20N2O4/c1-10(2)17(9-11-5-3-4-8-16-11)14(18)12-6-7-13(21-12)15(19)20/h3-5,8,10,12-13H,6-7,9H2,1-2H3,(H,19,20)/t12-,13+/m0/s1. The van der Waals surface area contributed by atoms with Gasteiger partial charge in [0.25, 0.3) is 5.91 Å². The van der Waals surface area contributed by atoms with Gasteiger partial charge in [0.2, 0.25) is 0 Å². The molecule has 0 spiro atoms. The molecule has 6 nitrogen and oxygen atoms in total. The molecule has 6 heteroatoms. The number of carbonyl (C=O) groups excluding carboxylic acids is 1. The molecule has 2 heterocycles. The molecular formula is C15H20N2O4. The predicted molar refractivity (Wildman–Crippen MR) is 75.5 cm³/mol. The first-order valence-electron chi connectivity index (χ1n) is 7.07. The van der Waals surface area contributed by atoms with Crippen molar-refractivity contribution in [2.45, 2.75) is 51.5 Å². The van der Waals surface area contributed by atoms with E-state index in [1.807, 2.05) is 32.0 Å². The molecule has 1 fully saturated rings. The maximum Gasteiger partial charge on any atom is 0.332 e. The number of carboxylic acids is 1. The summed E-state index contributed by atoms with van der Waals surface area (Å²) < 4.78 is 5.34. The molecule has 1 N–H and O–H groups in total. The van der Waals surface area contributed by atoms with Crippen LogP contribution >= 0.6 is 0 Å². The summed E-state index contributed by atoms with van der Waals surface area (Å²) >= 11 is 0. The topological polar surface area (TPSA) is 79.7 Å². The van der Waals surface area contributed by atoms with E-state index in [0.717, 1.165) is 5.69 Å². The summed E-state index contributed by atoms with van der Waals surface area (Å²) in [6.07, 6.45) is 0.966. The molecule has 1 saturated heterocycles. The minimum Gasteiger partial charge on any atom is -0.479 e. The normalized spacial score (nSPS) is 21.5. The minimum absolute atomic E-state index is 0.00742. The number of ether oxygens (including phenoxy) is 1. The molecule has 2 atom stereocenters. The maximum absolute atomic E-state index is 12.5. The van der Waals surface area contributed by atoms with Gasteiger partial charge >= 0.3 is 5.97 Å². The summed E-state index contributed by atoms with van der Waals surface area (Å²) in [6, 6.07) is 5.55. The molecule has 114 valence electrons. The maximum atomic E-state index is 12.5. The first-order chi connectivity index (χ1) is 9.99. The molecular weight excluding hydrogens is 272 g/mol. The fraction of sp³-hybridized carbons (Fsp3) is 0.533. The average molecular weight is 292 g/mol. The van der Waals surface area contributed by atoms with Crippen LogP contribution in [0.2, 0.25) is 0 Å². The van der Waals surface area contributed by atoms with Crippen molar-refractivity contribution in [2.24, 2.45) is 0 Å². The van der Waals surface area contributed by atoms with Gasteiger partial charge in [0.15, 0.2) is 6.10 Å². The van der Waals surface area contributed by atoms with Crippen LogP contribution in [-0.4, -0.2) is 45.1 Å². The number of rotatable bonds is 5. The molecule has 1 amide bonds. The van der Waals surface area contributed by atoms with E-state index in [4.69, 9.17) is 9.84 Å². The second-order valence-electron chi connectivity index (χ2n) is 5.41. The predicted octanol–water partition coefficient (Wildman–Crippen LogP) is 1.45. The molecule has 2 rings (SSSR count). The second kappa shape index (κ2) is 6.67. The van der Waals surface area contributed by atoms with E-state index in [1.54, 1.807) is 11.1 Å². The summed E-state index contributed by atoms with van der Waals surface area (Å²) in [4.78, 5) is 29.3. The Hall–Kier alpha value is -1.95. The van der Waals surface area contributed by atoms with Gasteiger partial charge in [-0.3, -0.25) is 9.78 Å². The van der Waals surface area contributed by atoms with E-state index >= 15 is 0 Å². The molecule has 1 aromatic rings. The van der Waals surface area contributed by atoms with Crippen molar-refractivity contribution in [1.82, 2.24) is 9.88 Å². The van der Waals surface area contributed by atoms with Gasteiger partial charge in [-0.1, -0.05) is 6.07 Å². The lowest BCUT2D eigenvalue weighted by atomic mass is 10.1. The third-order valence-corrected chi connectivity index (χ3v) is 3.54. The molecule has 0 bridgehead atoms. The van der Waals surface area contributed by atoms with Gasteiger partial charge < -0.3 is 14.7 Å². The summed E-state index contributed by atoms with van der Waals surface area (Å²) in [5.74, 6) is -1.18. The lowest BCUT2D eigenvalue weighted by Crippen LogP contribution is -2.43. The second-order valence-corrected chi connectivity index (χ2v) is 5.41. The third kappa shape index (κ3) is 3.78. The van der Waals surface area contributed by atoms with Crippen molar-refractivity contribution in [3.05, 3.63) is 30.1 Å². The van der Waals surface area contributed by atoms with Gasteiger partial charge in [-0.15, -0.1) is 0 Å². The lowest BCUT2D eigenvalue weighted by Gasteiger charge is -2.28. The van der Waals surface area contributed by atoms with Gasteiger partial charge in [-0.25, -0.2) is 4.79 Å². The molecule has 0 saturated carbocycles. The number of hydrogen-bond acceptors (Lipinski definition) is 4. The van der Waals surface area contributed by atoms with Crippen LogP contribution in [-0.2, 0) is 20.9 Å². The van der Waals surface area contributed by atoms with Crippen molar-refractivity contribution >= 4 is 11.9 Å². The number of aliphatic carboxylic acids is 1. The number of nitrogens with zero attached hydrogens (tertiary/aromatic N) is 2. The highest BCUT2D eigenvalue weighted by Gasteiger charge is 2.37. The monoisotopic (exact) mass is 292 g/mol. The zero-order chi connectivity index (χ0) is 15.4. The first kappa shape index (κ1) is 15.4. The van der Waals surface area contributed by atoms with Crippen LogP contribution < -0.4 is 0 Å². The lowest BCUT2D eigenvalue weighted by molar-refractivity contribution is -0.155. The molecule has 1 aliphatic rings. The van der Waals surface area contributed by atoms with Crippen LogP contribution in [0.5, 0.6) is 0 Å². The van der Waals surface area contributed by atoms with E-state index in [2.05, 4.69) is 4.98 Å².